The molecule has 2 fully saturated rings. The van der Waals surface area contributed by atoms with Crippen LogP contribution in [0.4, 0.5) is 0 Å². The molecule has 0 radical (unpaired) electrons. The van der Waals surface area contributed by atoms with Crippen molar-refractivity contribution in [2.75, 3.05) is 53.1 Å². The van der Waals surface area contributed by atoms with Gasteiger partial charge in [0.25, 0.3) is 0 Å². The zero-order valence-electron chi connectivity index (χ0n) is 15.2. The number of piperidine rings is 1. The number of hydrogen-bond donors (Lipinski definition) is 1. The maximum absolute atomic E-state index is 12.9. The van der Waals surface area contributed by atoms with E-state index in [9.17, 15) is 4.79 Å². The number of likely N-dealkylation sites (tertiary alicyclic amines) is 1. The molecule has 1 aromatic heterocycles. The maximum Gasteiger partial charge on any atom is 0.246 e. The van der Waals surface area contributed by atoms with E-state index in [4.69, 9.17) is 9.47 Å². The number of nitrogens with zero attached hydrogens (tertiary/aromatic N) is 3. The van der Waals surface area contributed by atoms with Crippen molar-refractivity contribution in [1.29, 1.82) is 0 Å². The second-order valence-corrected chi connectivity index (χ2v) is 7.11. The van der Waals surface area contributed by atoms with E-state index in [1.165, 1.54) is 0 Å². The average molecular weight is 350 g/mol. The lowest BCUT2D eigenvalue weighted by Crippen LogP contribution is -2.55. The molecule has 3 heterocycles. The topological polar surface area (TPSA) is 68.6 Å². The van der Waals surface area contributed by atoms with Crippen LogP contribution in [0, 0.1) is 5.92 Å². The third kappa shape index (κ3) is 4.40. The zero-order valence-corrected chi connectivity index (χ0v) is 15.2. The summed E-state index contributed by atoms with van der Waals surface area (Å²) in [6, 6.07) is 0. The fraction of sp³-hybridized carbons (Fsp3) is 0.778. The molecule has 1 N–H and O–H groups in total. The number of amides is 1. The molecule has 2 aliphatic heterocycles. The Morgan fingerprint density at radius 2 is 2.12 bits per heavy atom. The SMILES string of the molecule is COCCNC(=O)C1(n2ccnc2)CCN(CC2CCOCC2)CC1. The predicted molar refractivity (Wildman–Crippen MR) is 94.3 cm³/mol. The highest BCUT2D eigenvalue weighted by Crippen LogP contribution is 2.31. The molecule has 0 spiro atoms. The van der Waals surface area contributed by atoms with Gasteiger partial charge in [0.15, 0.2) is 0 Å². The Labute approximate surface area is 149 Å². The number of carbonyl (C=O) groups is 1. The molecule has 0 aliphatic carbocycles. The van der Waals surface area contributed by atoms with Gasteiger partial charge in [-0.2, -0.15) is 0 Å². The summed E-state index contributed by atoms with van der Waals surface area (Å²) in [6.07, 6.45) is 9.35. The van der Waals surface area contributed by atoms with E-state index in [0.29, 0.717) is 13.2 Å². The molecule has 1 aromatic rings. The van der Waals surface area contributed by atoms with Crippen LogP contribution in [0.5, 0.6) is 0 Å². The molecule has 0 aromatic carbocycles. The summed E-state index contributed by atoms with van der Waals surface area (Å²) in [4.78, 5) is 19.6. The first-order valence-corrected chi connectivity index (χ1v) is 9.30. The van der Waals surface area contributed by atoms with Crippen LogP contribution in [0.15, 0.2) is 18.7 Å². The molecule has 25 heavy (non-hydrogen) atoms. The highest BCUT2D eigenvalue weighted by Gasteiger charge is 2.42. The van der Waals surface area contributed by atoms with Crippen LogP contribution in [0.25, 0.3) is 0 Å². The Balaban J connectivity index is 1.61. The number of hydrogen-bond acceptors (Lipinski definition) is 5. The molecule has 1 amide bonds. The van der Waals surface area contributed by atoms with E-state index in [1.807, 2.05) is 10.8 Å². The predicted octanol–water partition coefficient (Wildman–Crippen LogP) is 0.863. The third-order valence-electron chi connectivity index (χ3n) is 5.55. The lowest BCUT2D eigenvalue weighted by molar-refractivity contribution is -0.133. The molecular formula is C18H30N4O3. The molecule has 7 heteroatoms. The molecule has 7 nitrogen and oxygen atoms in total. The van der Waals surface area contributed by atoms with Gasteiger partial charge in [-0.15, -0.1) is 0 Å². The number of ether oxygens (including phenoxy) is 2. The summed E-state index contributed by atoms with van der Waals surface area (Å²) in [7, 11) is 1.65. The number of nitrogens with one attached hydrogen (secondary N) is 1. The van der Waals surface area contributed by atoms with E-state index in [-0.39, 0.29) is 5.91 Å². The highest BCUT2D eigenvalue weighted by molar-refractivity contribution is 5.84. The monoisotopic (exact) mass is 350 g/mol. The van der Waals surface area contributed by atoms with E-state index in [2.05, 4.69) is 15.2 Å². The molecule has 0 unspecified atom stereocenters. The van der Waals surface area contributed by atoms with Crippen molar-refractivity contribution in [1.82, 2.24) is 19.8 Å². The smallest absolute Gasteiger partial charge is 0.246 e. The molecule has 0 saturated carbocycles. The minimum absolute atomic E-state index is 0.0771. The summed E-state index contributed by atoms with van der Waals surface area (Å²) in [5.41, 5.74) is -0.531. The normalized spacial score (nSPS) is 22.0. The van der Waals surface area contributed by atoms with Crippen molar-refractivity contribution >= 4 is 5.91 Å². The van der Waals surface area contributed by atoms with Crippen molar-refractivity contribution in [3.05, 3.63) is 18.7 Å². The molecule has 2 saturated heterocycles. The first-order valence-electron chi connectivity index (χ1n) is 9.30. The summed E-state index contributed by atoms with van der Waals surface area (Å²) >= 11 is 0. The molecule has 2 aliphatic rings. The van der Waals surface area contributed by atoms with Gasteiger partial charge in [-0.05, 0) is 31.6 Å². The summed E-state index contributed by atoms with van der Waals surface area (Å²) in [5, 5.41) is 3.03. The van der Waals surface area contributed by atoms with Crippen LogP contribution < -0.4 is 5.32 Å². The fourth-order valence-corrected chi connectivity index (χ4v) is 3.95. The molecule has 0 atom stereocenters. The number of rotatable bonds is 7. The first-order chi connectivity index (χ1) is 12.2. The molecule has 0 bridgehead atoms. The second kappa shape index (κ2) is 8.78. The van der Waals surface area contributed by atoms with Crippen molar-refractivity contribution in [2.45, 2.75) is 31.2 Å². The van der Waals surface area contributed by atoms with Crippen LogP contribution in [0.3, 0.4) is 0 Å². The minimum atomic E-state index is -0.531. The number of imidazole rings is 1. The van der Waals surface area contributed by atoms with Gasteiger partial charge >= 0.3 is 0 Å². The lowest BCUT2D eigenvalue weighted by Gasteiger charge is -2.42. The highest BCUT2D eigenvalue weighted by atomic mass is 16.5. The van der Waals surface area contributed by atoms with Crippen molar-refractivity contribution < 1.29 is 14.3 Å². The quantitative estimate of drug-likeness (QED) is 0.739. The Bertz CT molecular complexity index is 520. The summed E-state index contributed by atoms with van der Waals surface area (Å²) in [5.74, 6) is 0.804. The second-order valence-electron chi connectivity index (χ2n) is 7.11. The largest absolute Gasteiger partial charge is 0.383 e. The maximum atomic E-state index is 12.9. The van der Waals surface area contributed by atoms with Gasteiger partial charge in [0.2, 0.25) is 5.91 Å². The third-order valence-corrected chi connectivity index (χ3v) is 5.55. The average Bonchev–Trinajstić information content (AvgIpc) is 3.19. The van der Waals surface area contributed by atoms with Gasteiger partial charge in [0, 0.05) is 58.9 Å². The standard InChI is InChI=1S/C18H30N4O3/c1-24-13-7-20-17(23)18(22-10-6-19-15-22)4-8-21(9-5-18)14-16-2-11-25-12-3-16/h6,10,15-16H,2-5,7-9,11-14H2,1H3,(H,20,23). The van der Waals surface area contributed by atoms with E-state index in [0.717, 1.165) is 64.4 Å². The molecule has 140 valence electrons. The number of carbonyl (C=O) groups excluding carboxylic acids is 1. The van der Waals surface area contributed by atoms with Gasteiger partial charge in [-0.25, -0.2) is 4.98 Å². The molecular weight excluding hydrogens is 320 g/mol. The van der Waals surface area contributed by atoms with Crippen LogP contribution in [-0.2, 0) is 19.8 Å². The number of methoxy groups -OCH3 is 1. The first kappa shape index (κ1) is 18.4. The van der Waals surface area contributed by atoms with E-state index < -0.39 is 5.54 Å². The van der Waals surface area contributed by atoms with Gasteiger partial charge in [0.05, 0.1) is 12.9 Å². The Kier molecular flexibility index (Phi) is 6.45. The van der Waals surface area contributed by atoms with Gasteiger partial charge in [-0.3, -0.25) is 4.79 Å². The van der Waals surface area contributed by atoms with E-state index in [1.54, 1.807) is 19.6 Å². The van der Waals surface area contributed by atoms with Crippen molar-refractivity contribution in [3.63, 3.8) is 0 Å². The summed E-state index contributed by atoms with van der Waals surface area (Å²) in [6.45, 7) is 5.84. The van der Waals surface area contributed by atoms with Crippen molar-refractivity contribution in [3.8, 4) is 0 Å². The van der Waals surface area contributed by atoms with Gasteiger partial charge in [-0.1, -0.05) is 0 Å². The van der Waals surface area contributed by atoms with Gasteiger partial charge in [0.1, 0.15) is 5.54 Å². The Morgan fingerprint density at radius 3 is 2.76 bits per heavy atom. The zero-order chi connectivity index (χ0) is 17.5. The Hall–Kier alpha value is -1.44. The lowest BCUT2D eigenvalue weighted by atomic mass is 9.85. The molecule has 3 rings (SSSR count). The van der Waals surface area contributed by atoms with Crippen molar-refractivity contribution in [2.24, 2.45) is 5.92 Å². The minimum Gasteiger partial charge on any atom is -0.383 e. The van der Waals surface area contributed by atoms with Crippen LogP contribution in [-0.4, -0.2) is 73.5 Å². The number of aromatic nitrogens is 2. The fourth-order valence-electron chi connectivity index (χ4n) is 3.95. The Morgan fingerprint density at radius 1 is 1.36 bits per heavy atom. The van der Waals surface area contributed by atoms with Crippen LogP contribution >= 0.6 is 0 Å². The van der Waals surface area contributed by atoms with E-state index >= 15 is 0 Å². The van der Waals surface area contributed by atoms with Crippen LogP contribution in [0.2, 0.25) is 0 Å². The summed E-state index contributed by atoms with van der Waals surface area (Å²) < 4.78 is 12.5. The van der Waals surface area contributed by atoms with Gasteiger partial charge < -0.3 is 24.3 Å². The van der Waals surface area contributed by atoms with Crippen LogP contribution in [0.1, 0.15) is 25.7 Å².